The maximum Gasteiger partial charge on any atom is 0.181 e. The van der Waals surface area contributed by atoms with E-state index in [2.05, 4.69) is 26.1 Å². The van der Waals surface area contributed by atoms with Crippen molar-refractivity contribution in [3.8, 4) is 28.5 Å². The summed E-state index contributed by atoms with van der Waals surface area (Å²) in [5.74, 6) is 3.03. The normalized spacial score (nSPS) is 11.4. The number of hydrogen-bond donors (Lipinski definition) is 1. The molecule has 0 radical (unpaired) electrons. The highest BCUT2D eigenvalue weighted by Crippen LogP contribution is 2.40. The fourth-order valence-electron chi connectivity index (χ4n) is 3.55. The van der Waals surface area contributed by atoms with Crippen molar-refractivity contribution >= 4 is 11.5 Å². The maximum absolute atomic E-state index is 6.17. The first kappa shape index (κ1) is 21.6. The minimum Gasteiger partial charge on any atom is -0.497 e. The summed E-state index contributed by atoms with van der Waals surface area (Å²) in [7, 11) is 3.31. The Morgan fingerprint density at radius 2 is 1.69 bits per heavy atom. The number of methoxy groups -OCH3 is 2. The van der Waals surface area contributed by atoms with E-state index in [9.17, 15) is 0 Å². The maximum atomic E-state index is 6.17. The van der Waals surface area contributed by atoms with Crippen molar-refractivity contribution in [1.29, 1.82) is 0 Å². The Labute approximate surface area is 188 Å². The molecule has 32 heavy (non-hydrogen) atoms. The fourth-order valence-corrected chi connectivity index (χ4v) is 3.55. The lowest BCUT2D eigenvalue weighted by Crippen LogP contribution is -2.27. The number of aromatic nitrogens is 2. The third-order valence-electron chi connectivity index (χ3n) is 5.01. The lowest BCUT2D eigenvalue weighted by molar-refractivity contribution is 0.308. The second-order valence-electron chi connectivity index (χ2n) is 8.59. The van der Waals surface area contributed by atoms with Crippen molar-refractivity contribution in [2.45, 2.75) is 32.9 Å². The van der Waals surface area contributed by atoms with Gasteiger partial charge in [0, 0.05) is 17.3 Å². The summed E-state index contributed by atoms with van der Waals surface area (Å²) in [6.07, 6.45) is 1.99. The van der Waals surface area contributed by atoms with Crippen LogP contribution in [0.3, 0.4) is 0 Å². The van der Waals surface area contributed by atoms with Crippen LogP contribution in [0.1, 0.15) is 26.3 Å². The Balaban J connectivity index is 1.86. The average molecular weight is 432 g/mol. The van der Waals surface area contributed by atoms with Gasteiger partial charge < -0.3 is 19.5 Å². The number of anilines is 1. The highest BCUT2D eigenvalue weighted by molar-refractivity contribution is 5.82. The van der Waals surface area contributed by atoms with Gasteiger partial charge in [-0.15, -0.1) is 0 Å². The van der Waals surface area contributed by atoms with Crippen molar-refractivity contribution < 1.29 is 14.2 Å². The van der Waals surface area contributed by atoms with Crippen LogP contribution in [-0.2, 0) is 6.61 Å². The zero-order chi connectivity index (χ0) is 22.7. The molecule has 1 N–H and O–H groups in total. The Kier molecular flexibility index (Phi) is 5.95. The topological polar surface area (TPSA) is 57.0 Å². The summed E-state index contributed by atoms with van der Waals surface area (Å²) in [4.78, 5) is 5.00. The molecular formula is C26H29N3O3. The molecule has 6 heteroatoms. The van der Waals surface area contributed by atoms with Gasteiger partial charge in [-0.05, 0) is 56.7 Å². The van der Waals surface area contributed by atoms with Crippen molar-refractivity contribution in [2.24, 2.45) is 0 Å². The summed E-state index contributed by atoms with van der Waals surface area (Å²) in [5, 5.41) is 3.61. The summed E-state index contributed by atoms with van der Waals surface area (Å²) >= 11 is 0. The summed E-state index contributed by atoms with van der Waals surface area (Å²) in [5.41, 5.74) is 3.26. The molecule has 2 aromatic carbocycles. The van der Waals surface area contributed by atoms with Gasteiger partial charge in [-0.3, -0.25) is 4.40 Å². The van der Waals surface area contributed by atoms with Crippen LogP contribution in [0.25, 0.3) is 16.9 Å². The van der Waals surface area contributed by atoms with Crippen LogP contribution in [0.4, 0.5) is 5.82 Å². The molecule has 4 rings (SSSR count). The van der Waals surface area contributed by atoms with Crippen molar-refractivity contribution in [2.75, 3.05) is 19.5 Å². The van der Waals surface area contributed by atoms with E-state index in [1.165, 1.54) is 0 Å². The molecule has 0 aliphatic heterocycles. The summed E-state index contributed by atoms with van der Waals surface area (Å²) in [6, 6.07) is 19.7. The van der Waals surface area contributed by atoms with E-state index in [0.29, 0.717) is 12.4 Å². The quantitative estimate of drug-likeness (QED) is 0.400. The minimum absolute atomic E-state index is 0.183. The lowest BCUT2D eigenvalue weighted by atomic mass is 10.1. The molecule has 0 amide bonds. The highest BCUT2D eigenvalue weighted by Gasteiger charge is 2.23. The highest BCUT2D eigenvalue weighted by atomic mass is 16.5. The average Bonchev–Trinajstić information content (AvgIpc) is 3.15. The zero-order valence-corrected chi connectivity index (χ0v) is 19.2. The van der Waals surface area contributed by atoms with Gasteiger partial charge in [0.05, 0.1) is 14.2 Å². The van der Waals surface area contributed by atoms with Crippen molar-refractivity contribution in [3.05, 3.63) is 72.4 Å². The van der Waals surface area contributed by atoms with Gasteiger partial charge in [0.1, 0.15) is 29.6 Å². The van der Waals surface area contributed by atoms with Crippen molar-refractivity contribution in [3.63, 3.8) is 0 Å². The second kappa shape index (κ2) is 8.83. The van der Waals surface area contributed by atoms with Crippen molar-refractivity contribution in [1.82, 2.24) is 9.38 Å². The number of fused-ring (bicyclic) bond motifs is 1. The van der Waals surface area contributed by atoms with E-state index in [0.717, 1.165) is 39.8 Å². The van der Waals surface area contributed by atoms with E-state index in [1.807, 2.05) is 71.3 Å². The fraction of sp³-hybridized carbons (Fsp3) is 0.269. The number of ether oxygens (including phenoxy) is 3. The van der Waals surface area contributed by atoms with Gasteiger partial charge in [-0.2, -0.15) is 0 Å². The number of benzene rings is 2. The number of rotatable bonds is 7. The number of hydrogen-bond acceptors (Lipinski definition) is 5. The Morgan fingerprint density at radius 1 is 0.906 bits per heavy atom. The minimum atomic E-state index is -0.183. The molecule has 0 spiro atoms. The first-order valence-electron chi connectivity index (χ1n) is 10.6. The smallest absolute Gasteiger partial charge is 0.181 e. The van der Waals surface area contributed by atoms with Gasteiger partial charge in [0.2, 0.25) is 0 Å². The summed E-state index contributed by atoms with van der Waals surface area (Å²) < 4.78 is 19.3. The molecule has 0 aliphatic carbocycles. The second-order valence-corrected chi connectivity index (χ2v) is 8.59. The lowest BCUT2D eigenvalue weighted by Gasteiger charge is -2.23. The molecule has 0 saturated carbocycles. The monoisotopic (exact) mass is 431 g/mol. The molecule has 0 saturated heterocycles. The molecule has 4 aromatic rings. The first-order chi connectivity index (χ1) is 15.4. The standard InChI is InChI=1S/C26H29N3O3/c1-26(2,3)28-25-23(20-16-19(30-4)13-14-21(20)31-5)27-24-22(12-9-15-29(24)25)32-17-18-10-7-6-8-11-18/h6-16,28H,17H2,1-5H3. The van der Waals surface area contributed by atoms with Crippen LogP contribution in [0.15, 0.2) is 66.9 Å². The molecule has 0 fully saturated rings. The molecule has 0 bridgehead atoms. The van der Waals surface area contributed by atoms with Crippen LogP contribution in [0.5, 0.6) is 17.2 Å². The summed E-state index contributed by atoms with van der Waals surface area (Å²) in [6.45, 7) is 6.82. The van der Waals surface area contributed by atoms with Gasteiger partial charge >= 0.3 is 0 Å². The molecule has 0 unspecified atom stereocenters. The number of imidazole rings is 1. The largest absolute Gasteiger partial charge is 0.497 e. The number of nitrogens with one attached hydrogen (secondary N) is 1. The van der Waals surface area contributed by atoms with E-state index < -0.39 is 0 Å². The molecular weight excluding hydrogens is 402 g/mol. The van der Waals surface area contributed by atoms with E-state index in [-0.39, 0.29) is 5.54 Å². The molecule has 2 aromatic heterocycles. The first-order valence-corrected chi connectivity index (χ1v) is 10.6. The third kappa shape index (κ3) is 4.49. The van der Waals surface area contributed by atoms with Gasteiger partial charge in [0.15, 0.2) is 11.4 Å². The number of nitrogens with zero attached hydrogens (tertiary/aromatic N) is 2. The molecule has 0 atom stereocenters. The predicted octanol–water partition coefficient (Wildman–Crippen LogP) is 5.81. The van der Waals surface area contributed by atoms with Crippen LogP contribution in [-0.4, -0.2) is 29.1 Å². The number of pyridine rings is 1. The van der Waals surface area contributed by atoms with Crippen LogP contribution in [0, 0.1) is 0 Å². The molecule has 2 heterocycles. The van der Waals surface area contributed by atoms with E-state index in [4.69, 9.17) is 19.2 Å². The van der Waals surface area contributed by atoms with Gasteiger partial charge in [0.25, 0.3) is 0 Å². The SMILES string of the molecule is COc1ccc(OC)c(-c2nc3c(OCc4ccccc4)cccn3c2NC(C)(C)C)c1. The molecule has 166 valence electrons. The Bertz CT molecular complexity index is 1210. The van der Waals surface area contributed by atoms with Gasteiger partial charge in [-0.25, -0.2) is 4.98 Å². The third-order valence-corrected chi connectivity index (χ3v) is 5.01. The zero-order valence-electron chi connectivity index (χ0n) is 19.2. The Hall–Kier alpha value is -3.67. The van der Waals surface area contributed by atoms with E-state index >= 15 is 0 Å². The van der Waals surface area contributed by atoms with Crippen LogP contribution < -0.4 is 19.5 Å². The predicted molar refractivity (Wildman–Crippen MR) is 128 cm³/mol. The van der Waals surface area contributed by atoms with E-state index in [1.54, 1.807) is 14.2 Å². The molecule has 6 nitrogen and oxygen atoms in total. The van der Waals surface area contributed by atoms with Crippen LogP contribution in [0.2, 0.25) is 0 Å². The Morgan fingerprint density at radius 3 is 2.38 bits per heavy atom. The van der Waals surface area contributed by atoms with Crippen LogP contribution >= 0.6 is 0 Å². The molecule has 0 aliphatic rings. The van der Waals surface area contributed by atoms with Gasteiger partial charge in [-0.1, -0.05) is 30.3 Å².